The topological polar surface area (TPSA) is 64.6 Å². The maximum Gasteiger partial charge on any atom is 0.329 e. The van der Waals surface area contributed by atoms with E-state index < -0.39 is 17.9 Å². The third kappa shape index (κ3) is 4.34. The summed E-state index contributed by atoms with van der Waals surface area (Å²) >= 11 is 0. The molecule has 2 atom stereocenters. The van der Waals surface area contributed by atoms with E-state index in [0.29, 0.717) is 19.3 Å². The number of nitrogens with one attached hydrogen (secondary N) is 1. The zero-order valence-corrected chi connectivity index (χ0v) is 13.6. The molecule has 23 heavy (non-hydrogen) atoms. The van der Waals surface area contributed by atoms with E-state index in [4.69, 9.17) is 9.47 Å². The molecule has 0 aliphatic heterocycles. The van der Waals surface area contributed by atoms with E-state index in [-0.39, 0.29) is 12.4 Å². The summed E-state index contributed by atoms with van der Waals surface area (Å²) in [7, 11) is 1.59. The second kappa shape index (κ2) is 7.81. The van der Waals surface area contributed by atoms with E-state index in [1.807, 2.05) is 12.1 Å². The monoisotopic (exact) mass is 317 g/mol. The van der Waals surface area contributed by atoms with Crippen molar-refractivity contribution in [1.29, 1.82) is 0 Å². The third-order valence-electron chi connectivity index (χ3n) is 4.00. The number of esters is 1. The van der Waals surface area contributed by atoms with Gasteiger partial charge in [-0.25, -0.2) is 4.79 Å². The Morgan fingerprint density at radius 1 is 1.35 bits per heavy atom. The molecule has 2 rings (SSSR count). The Labute approximate surface area is 136 Å². The summed E-state index contributed by atoms with van der Waals surface area (Å²) in [5.41, 5.74) is 1.74. The van der Waals surface area contributed by atoms with Gasteiger partial charge in [0.2, 0.25) is 0 Å². The summed E-state index contributed by atoms with van der Waals surface area (Å²) in [5.74, 6) is -0.0319. The molecule has 1 fully saturated rings. The number of rotatable bonds is 6. The molecule has 1 aromatic rings. The molecule has 1 saturated carbocycles. The number of methoxy groups -OCH3 is 1. The van der Waals surface area contributed by atoms with Crippen LogP contribution >= 0.6 is 0 Å². The molecule has 0 bridgehead atoms. The fourth-order valence-corrected chi connectivity index (χ4v) is 2.74. The molecule has 1 aromatic carbocycles. The number of anilines is 1. The second-order valence-corrected chi connectivity index (χ2v) is 5.63. The number of ether oxygens (including phenoxy) is 2. The molecule has 5 heteroatoms. The summed E-state index contributed by atoms with van der Waals surface area (Å²) in [6, 6.07) is 6.52. The lowest BCUT2D eigenvalue weighted by atomic mass is 9.80. The minimum Gasteiger partial charge on any atom is -0.497 e. The molecule has 124 valence electrons. The number of hydrogen-bond donors (Lipinski definition) is 1. The van der Waals surface area contributed by atoms with Crippen LogP contribution in [-0.4, -0.2) is 31.5 Å². The first kappa shape index (κ1) is 17.1. The molecule has 1 aliphatic rings. The number of hydrogen-bond acceptors (Lipinski definition) is 5. The maximum absolute atomic E-state index is 12.3. The summed E-state index contributed by atoms with van der Waals surface area (Å²) < 4.78 is 10.3. The lowest BCUT2D eigenvalue weighted by Crippen LogP contribution is -2.43. The molecule has 0 saturated heterocycles. The van der Waals surface area contributed by atoms with Crippen molar-refractivity contribution in [2.75, 3.05) is 19.0 Å². The lowest BCUT2D eigenvalue weighted by Gasteiger charge is -2.30. The fraction of sp³-hybridized carbons (Fsp3) is 0.444. The summed E-state index contributed by atoms with van der Waals surface area (Å²) in [6.45, 7) is 6.00. The van der Waals surface area contributed by atoms with Crippen LogP contribution in [-0.2, 0) is 14.3 Å². The Bertz CT molecular complexity index is 579. The van der Waals surface area contributed by atoms with Gasteiger partial charge in [0.25, 0.3) is 0 Å². The quantitative estimate of drug-likeness (QED) is 0.645. The van der Waals surface area contributed by atoms with Crippen molar-refractivity contribution in [3.05, 3.63) is 36.4 Å². The Balaban J connectivity index is 2.20. The maximum atomic E-state index is 12.3. The van der Waals surface area contributed by atoms with Gasteiger partial charge in [-0.1, -0.05) is 12.2 Å². The first-order chi connectivity index (χ1) is 11.0. The van der Waals surface area contributed by atoms with Gasteiger partial charge in [0, 0.05) is 12.1 Å². The average molecular weight is 317 g/mol. The third-order valence-corrected chi connectivity index (χ3v) is 4.00. The molecule has 1 N–H and O–H groups in total. The van der Waals surface area contributed by atoms with Crippen molar-refractivity contribution in [3.8, 4) is 5.75 Å². The van der Waals surface area contributed by atoms with E-state index in [1.54, 1.807) is 26.2 Å². The molecule has 0 amide bonds. The molecular weight excluding hydrogens is 294 g/mol. The first-order valence-corrected chi connectivity index (χ1v) is 7.81. The number of carbonyl (C=O) groups excluding carboxylic acids is 2. The second-order valence-electron chi connectivity index (χ2n) is 5.63. The first-order valence-electron chi connectivity index (χ1n) is 7.81. The van der Waals surface area contributed by atoms with Gasteiger partial charge < -0.3 is 14.8 Å². The van der Waals surface area contributed by atoms with Crippen LogP contribution in [0, 0.1) is 5.92 Å². The smallest absolute Gasteiger partial charge is 0.329 e. The Morgan fingerprint density at radius 3 is 2.65 bits per heavy atom. The number of ketones is 1. The summed E-state index contributed by atoms with van der Waals surface area (Å²) in [6.07, 6.45) is 1.66. The molecule has 0 spiro atoms. The number of Topliss-reactive ketones (excluding diaryl/α,β-unsaturated/α-hetero) is 1. The van der Waals surface area contributed by atoms with Crippen LogP contribution in [0.25, 0.3) is 0 Å². The normalized spacial score (nSPS) is 19.1. The molecule has 1 aliphatic carbocycles. The zero-order chi connectivity index (χ0) is 16.8. The minimum absolute atomic E-state index is 0.0801. The van der Waals surface area contributed by atoms with Crippen molar-refractivity contribution < 1.29 is 19.1 Å². The Kier molecular flexibility index (Phi) is 5.79. The zero-order valence-electron chi connectivity index (χ0n) is 13.6. The Hall–Kier alpha value is -2.30. The van der Waals surface area contributed by atoms with Gasteiger partial charge >= 0.3 is 5.97 Å². The largest absolute Gasteiger partial charge is 0.497 e. The highest BCUT2D eigenvalue weighted by Gasteiger charge is 2.37. The molecular formula is C18H23NO4. The van der Waals surface area contributed by atoms with Gasteiger partial charge in [-0.05, 0) is 44.0 Å². The van der Waals surface area contributed by atoms with Gasteiger partial charge in [-0.15, -0.1) is 0 Å². The van der Waals surface area contributed by atoms with Gasteiger partial charge in [0.15, 0.2) is 0 Å². The fourth-order valence-electron chi connectivity index (χ4n) is 2.74. The Morgan fingerprint density at radius 2 is 2.04 bits per heavy atom. The SMILES string of the molecule is C=C1CCC(=O)[C@H]([C@H](Nc2ccc(OC)cc2)C(=O)OCC)C1. The van der Waals surface area contributed by atoms with E-state index in [9.17, 15) is 9.59 Å². The highest BCUT2D eigenvalue weighted by molar-refractivity contribution is 5.91. The highest BCUT2D eigenvalue weighted by atomic mass is 16.5. The van der Waals surface area contributed by atoms with Crippen LogP contribution in [0.2, 0.25) is 0 Å². The minimum atomic E-state index is -0.701. The standard InChI is InChI=1S/C18H23NO4/c1-4-23-18(21)17(15-11-12(2)5-10-16(15)20)19-13-6-8-14(22-3)9-7-13/h6-9,15,17,19H,2,4-5,10-11H2,1,3H3/t15-,17+/m1/s1. The van der Waals surface area contributed by atoms with Gasteiger partial charge in [-0.3, -0.25) is 4.79 Å². The molecule has 0 heterocycles. The highest BCUT2D eigenvalue weighted by Crippen LogP contribution is 2.29. The van der Waals surface area contributed by atoms with Crippen molar-refractivity contribution in [3.63, 3.8) is 0 Å². The number of allylic oxidation sites excluding steroid dienone is 1. The molecule has 0 aromatic heterocycles. The van der Waals surface area contributed by atoms with Crippen molar-refractivity contribution in [2.45, 2.75) is 32.2 Å². The lowest BCUT2D eigenvalue weighted by molar-refractivity contribution is -0.147. The average Bonchev–Trinajstić information content (AvgIpc) is 2.56. The van der Waals surface area contributed by atoms with E-state index in [2.05, 4.69) is 11.9 Å². The van der Waals surface area contributed by atoms with Crippen molar-refractivity contribution >= 4 is 17.4 Å². The number of benzene rings is 1. The van der Waals surface area contributed by atoms with Gasteiger partial charge in [0.05, 0.1) is 19.6 Å². The number of carbonyl (C=O) groups is 2. The van der Waals surface area contributed by atoms with E-state index in [1.165, 1.54) is 0 Å². The van der Waals surface area contributed by atoms with E-state index >= 15 is 0 Å². The van der Waals surface area contributed by atoms with Gasteiger partial charge in [-0.2, -0.15) is 0 Å². The van der Waals surface area contributed by atoms with Gasteiger partial charge in [0.1, 0.15) is 17.6 Å². The van der Waals surface area contributed by atoms with Crippen molar-refractivity contribution in [1.82, 2.24) is 0 Å². The predicted molar refractivity (Wildman–Crippen MR) is 88.5 cm³/mol. The van der Waals surface area contributed by atoms with Crippen LogP contribution in [0.3, 0.4) is 0 Å². The summed E-state index contributed by atoms with van der Waals surface area (Å²) in [4.78, 5) is 24.6. The molecule has 0 unspecified atom stereocenters. The molecule has 0 radical (unpaired) electrons. The van der Waals surface area contributed by atoms with Crippen LogP contribution in [0.1, 0.15) is 26.2 Å². The van der Waals surface area contributed by atoms with Crippen LogP contribution in [0.5, 0.6) is 5.75 Å². The van der Waals surface area contributed by atoms with E-state index in [0.717, 1.165) is 17.0 Å². The summed E-state index contributed by atoms with van der Waals surface area (Å²) in [5, 5.41) is 3.14. The van der Waals surface area contributed by atoms with Crippen LogP contribution in [0.4, 0.5) is 5.69 Å². The molecule has 5 nitrogen and oxygen atoms in total. The van der Waals surface area contributed by atoms with Crippen LogP contribution < -0.4 is 10.1 Å². The predicted octanol–water partition coefficient (Wildman–Crippen LogP) is 2.96. The van der Waals surface area contributed by atoms with Crippen LogP contribution in [0.15, 0.2) is 36.4 Å². The van der Waals surface area contributed by atoms with Crippen molar-refractivity contribution in [2.24, 2.45) is 5.92 Å².